The molecule has 0 aliphatic rings. The molecule has 0 spiro atoms. The van der Waals surface area contributed by atoms with Crippen molar-refractivity contribution in [1.29, 1.82) is 0 Å². The summed E-state index contributed by atoms with van der Waals surface area (Å²) in [7, 11) is -0.753. The molecule has 1 rings (SSSR count). The third-order valence-electron chi connectivity index (χ3n) is 1.67. The van der Waals surface area contributed by atoms with E-state index in [0.717, 1.165) is 6.42 Å². The van der Waals surface area contributed by atoms with Crippen LogP contribution in [-0.4, -0.2) is 33.0 Å². The molecule has 0 saturated carbocycles. The van der Waals surface area contributed by atoms with Gasteiger partial charge in [-0.15, -0.1) is 16.7 Å². The van der Waals surface area contributed by atoms with Crippen LogP contribution in [0, 0.1) is 0 Å². The second-order valence-corrected chi connectivity index (χ2v) is 5.33. The number of anilines is 1. The number of hydrogen-bond acceptors (Lipinski definition) is 5. The fourth-order valence-electron chi connectivity index (χ4n) is 0.938. The summed E-state index contributed by atoms with van der Waals surface area (Å²) >= 11 is 5.76. The Labute approximate surface area is 96.1 Å². The zero-order valence-corrected chi connectivity index (χ0v) is 10.3. The van der Waals surface area contributed by atoms with Gasteiger partial charge in [-0.25, -0.2) is 0 Å². The van der Waals surface area contributed by atoms with Crippen LogP contribution in [-0.2, 0) is 10.8 Å². The lowest BCUT2D eigenvalue weighted by atomic mass is 10.5. The van der Waals surface area contributed by atoms with E-state index < -0.39 is 10.8 Å². The smallest absolute Gasteiger partial charge is 0.315 e. The number of nitrogens with zero attached hydrogens (tertiary/aromatic N) is 2. The van der Waals surface area contributed by atoms with E-state index in [1.165, 1.54) is 0 Å². The van der Waals surface area contributed by atoms with E-state index in [1.807, 2.05) is 0 Å². The first-order chi connectivity index (χ1) is 7.09. The van der Waals surface area contributed by atoms with Crippen LogP contribution in [0.1, 0.15) is 24.6 Å². The molecule has 5 nitrogen and oxygen atoms in total. The highest BCUT2D eigenvalue weighted by Gasteiger charge is 2.10. The first-order valence-corrected chi connectivity index (χ1v) is 6.77. The molecule has 2 unspecified atom stereocenters. The van der Waals surface area contributed by atoms with Crippen molar-refractivity contribution >= 4 is 28.4 Å². The molecule has 1 heterocycles. The maximum absolute atomic E-state index is 10.8. The van der Waals surface area contributed by atoms with E-state index in [4.69, 9.17) is 16.0 Å². The van der Waals surface area contributed by atoms with Crippen molar-refractivity contribution in [3.8, 4) is 0 Å². The summed E-state index contributed by atoms with van der Waals surface area (Å²) in [6, 6.07) is 0.361. The minimum atomic E-state index is -0.753. The Bertz CT molecular complexity index is 329. The van der Waals surface area contributed by atoms with Gasteiger partial charge in [0.2, 0.25) is 5.89 Å². The van der Waals surface area contributed by atoms with Crippen molar-refractivity contribution in [3.05, 3.63) is 5.89 Å². The first-order valence-electron chi connectivity index (χ1n) is 4.61. The molecule has 0 aromatic carbocycles. The van der Waals surface area contributed by atoms with Crippen LogP contribution in [0.2, 0.25) is 0 Å². The van der Waals surface area contributed by atoms with Gasteiger partial charge in [0.15, 0.2) is 0 Å². The average molecular weight is 252 g/mol. The fourth-order valence-corrected chi connectivity index (χ4v) is 1.58. The number of halogens is 1. The summed E-state index contributed by atoms with van der Waals surface area (Å²) in [5.74, 6) is 1.07. The average Bonchev–Trinajstić information content (AvgIpc) is 2.60. The third-order valence-corrected chi connectivity index (χ3v) is 2.72. The Morgan fingerprint density at radius 3 is 2.87 bits per heavy atom. The van der Waals surface area contributed by atoms with Gasteiger partial charge in [0.25, 0.3) is 0 Å². The summed E-state index contributed by atoms with van der Waals surface area (Å²) < 4.78 is 16.0. The van der Waals surface area contributed by atoms with Gasteiger partial charge >= 0.3 is 6.01 Å². The van der Waals surface area contributed by atoms with E-state index in [0.29, 0.717) is 24.2 Å². The van der Waals surface area contributed by atoms with E-state index in [1.54, 1.807) is 13.2 Å². The SMILES string of the molecule is CC(Cl)c1nnc(NCCCS(C)=O)o1. The van der Waals surface area contributed by atoms with Crippen molar-refractivity contribution < 1.29 is 8.63 Å². The van der Waals surface area contributed by atoms with Crippen LogP contribution in [0.25, 0.3) is 0 Å². The molecule has 0 aliphatic carbocycles. The monoisotopic (exact) mass is 251 g/mol. The van der Waals surface area contributed by atoms with Crippen LogP contribution in [0.5, 0.6) is 0 Å². The number of alkyl halides is 1. The van der Waals surface area contributed by atoms with Crippen LogP contribution in [0.4, 0.5) is 6.01 Å². The molecule has 1 aromatic rings. The molecule has 2 atom stereocenters. The van der Waals surface area contributed by atoms with Gasteiger partial charge in [-0.05, 0) is 13.3 Å². The van der Waals surface area contributed by atoms with E-state index in [9.17, 15) is 4.21 Å². The highest BCUT2D eigenvalue weighted by molar-refractivity contribution is 7.84. The molecule has 86 valence electrons. The minimum Gasteiger partial charge on any atom is -0.407 e. The van der Waals surface area contributed by atoms with Crippen LogP contribution in [0.3, 0.4) is 0 Å². The van der Waals surface area contributed by atoms with Crippen LogP contribution in [0.15, 0.2) is 4.42 Å². The number of rotatable bonds is 6. The number of nitrogens with one attached hydrogen (secondary N) is 1. The Hall–Kier alpha value is -0.620. The Kier molecular flexibility index (Phi) is 5.04. The molecule has 0 amide bonds. The summed E-state index contributed by atoms with van der Waals surface area (Å²) in [5, 5.41) is 10.2. The molecule has 1 N–H and O–H groups in total. The quantitative estimate of drug-likeness (QED) is 0.614. The molecular weight excluding hydrogens is 238 g/mol. The normalized spacial score (nSPS) is 14.9. The van der Waals surface area contributed by atoms with E-state index >= 15 is 0 Å². The second-order valence-electron chi connectivity index (χ2n) is 3.12. The van der Waals surface area contributed by atoms with Crippen molar-refractivity contribution in [3.63, 3.8) is 0 Å². The van der Waals surface area contributed by atoms with Gasteiger partial charge in [-0.3, -0.25) is 4.21 Å². The predicted octanol–water partition coefficient (Wildman–Crippen LogP) is 1.55. The Balaban J connectivity index is 2.28. The molecule has 1 aromatic heterocycles. The van der Waals surface area contributed by atoms with Crippen molar-refractivity contribution in [2.75, 3.05) is 23.9 Å². The van der Waals surface area contributed by atoms with Crippen molar-refractivity contribution in [2.45, 2.75) is 18.7 Å². The third kappa shape index (κ3) is 4.61. The van der Waals surface area contributed by atoms with Gasteiger partial charge in [0, 0.05) is 29.4 Å². The lowest BCUT2D eigenvalue weighted by Crippen LogP contribution is -2.06. The predicted molar refractivity (Wildman–Crippen MR) is 60.6 cm³/mol. The summed E-state index contributed by atoms with van der Waals surface area (Å²) in [4.78, 5) is 0. The summed E-state index contributed by atoms with van der Waals surface area (Å²) in [6.45, 7) is 2.43. The summed E-state index contributed by atoms with van der Waals surface area (Å²) in [6.07, 6.45) is 2.48. The lowest BCUT2D eigenvalue weighted by Gasteiger charge is -1.99. The molecule has 7 heteroatoms. The zero-order chi connectivity index (χ0) is 11.3. The second kappa shape index (κ2) is 6.07. The van der Waals surface area contributed by atoms with Gasteiger partial charge < -0.3 is 9.73 Å². The molecule has 15 heavy (non-hydrogen) atoms. The van der Waals surface area contributed by atoms with E-state index in [-0.39, 0.29) is 5.38 Å². The lowest BCUT2D eigenvalue weighted by molar-refractivity contribution is 0.506. The topological polar surface area (TPSA) is 68.0 Å². The van der Waals surface area contributed by atoms with Gasteiger partial charge in [-0.2, -0.15) is 0 Å². The molecular formula is C8H14ClN3O2S. The van der Waals surface area contributed by atoms with Gasteiger partial charge in [0.05, 0.1) is 0 Å². The highest BCUT2D eigenvalue weighted by Crippen LogP contribution is 2.18. The zero-order valence-electron chi connectivity index (χ0n) is 8.70. The Morgan fingerprint density at radius 1 is 1.60 bits per heavy atom. The van der Waals surface area contributed by atoms with Crippen LogP contribution < -0.4 is 5.32 Å². The first kappa shape index (κ1) is 12.4. The number of aromatic nitrogens is 2. The molecule has 0 saturated heterocycles. The Morgan fingerprint density at radius 2 is 2.33 bits per heavy atom. The summed E-state index contributed by atoms with van der Waals surface area (Å²) in [5.41, 5.74) is 0. The van der Waals surface area contributed by atoms with Gasteiger partial charge in [0.1, 0.15) is 5.38 Å². The molecule has 0 bridgehead atoms. The highest BCUT2D eigenvalue weighted by atomic mass is 35.5. The van der Waals surface area contributed by atoms with Crippen molar-refractivity contribution in [1.82, 2.24) is 10.2 Å². The van der Waals surface area contributed by atoms with E-state index in [2.05, 4.69) is 15.5 Å². The van der Waals surface area contributed by atoms with Crippen LogP contribution >= 0.6 is 11.6 Å². The van der Waals surface area contributed by atoms with Gasteiger partial charge in [-0.1, -0.05) is 5.10 Å². The largest absolute Gasteiger partial charge is 0.407 e. The maximum atomic E-state index is 10.8. The fraction of sp³-hybridized carbons (Fsp3) is 0.750. The standard InChI is InChI=1S/C8H14ClN3O2S/c1-6(9)7-11-12-8(14-7)10-4-3-5-15(2)13/h6H,3-5H2,1-2H3,(H,10,12). The minimum absolute atomic E-state index is 0.281. The molecule has 0 fully saturated rings. The molecule has 0 radical (unpaired) electrons. The molecule has 0 aliphatic heterocycles. The van der Waals surface area contributed by atoms with Crippen molar-refractivity contribution in [2.24, 2.45) is 0 Å². The number of hydrogen-bond donors (Lipinski definition) is 1. The maximum Gasteiger partial charge on any atom is 0.315 e.